The van der Waals surface area contributed by atoms with Crippen LogP contribution in [-0.4, -0.2) is 38.7 Å². The van der Waals surface area contributed by atoms with Crippen molar-refractivity contribution in [2.75, 3.05) is 18.0 Å². The maximum absolute atomic E-state index is 4.44. The van der Waals surface area contributed by atoms with Crippen LogP contribution in [0.3, 0.4) is 0 Å². The Morgan fingerprint density at radius 1 is 1.00 bits per heavy atom. The topological polar surface area (TPSA) is 58.9 Å². The van der Waals surface area contributed by atoms with Gasteiger partial charge in [0.2, 0.25) is 5.95 Å². The van der Waals surface area contributed by atoms with Crippen LogP contribution in [0.25, 0.3) is 5.82 Å². The number of hydrogen-bond donors (Lipinski definition) is 1. The van der Waals surface area contributed by atoms with Gasteiger partial charge in [0.15, 0.2) is 0 Å². The molecule has 1 aliphatic heterocycles. The Morgan fingerprint density at radius 3 is 2.72 bits per heavy atom. The number of anilines is 1. The highest BCUT2D eigenvalue weighted by Crippen LogP contribution is 2.16. The van der Waals surface area contributed by atoms with Gasteiger partial charge in [0.25, 0.3) is 0 Å². The van der Waals surface area contributed by atoms with E-state index >= 15 is 0 Å². The fourth-order valence-corrected chi connectivity index (χ4v) is 3.31. The molecule has 0 aromatic carbocycles. The van der Waals surface area contributed by atoms with Crippen molar-refractivity contribution in [3.8, 4) is 5.82 Å². The van der Waals surface area contributed by atoms with Gasteiger partial charge in [-0.1, -0.05) is 6.07 Å². The molecule has 1 N–H and O–H groups in total. The molecular formula is C19H22N6. The summed E-state index contributed by atoms with van der Waals surface area (Å²) in [5.41, 5.74) is 1.21. The van der Waals surface area contributed by atoms with Crippen molar-refractivity contribution in [1.82, 2.24) is 24.8 Å². The molecule has 6 nitrogen and oxygen atoms in total. The lowest BCUT2D eigenvalue weighted by atomic mass is 10.1. The predicted molar refractivity (Wildman–Crippen MR) is 97.7 cm³/mol. The molecular weight excluding hydrogens is 312 g/mol. The fraction of sp³-hybridized carbons (Fsp3) is 0.316. The Balaban J connectivity index is 1.40. The summed E-state index contributed by atoms with van der Waals surface area (Å²) in [6.45, 7) is 2.78. The number of pyridine rings is 1. The van der Waals surface area contributed by atoms with Gasteiger partial charge in [0.1, 0.15) is 5.82 Å². The van der Waals surface area contributed by atoms with Crippen LogP contribution in [0.15, 0.2) is 61.2 Å². The highest BCUT2D eigenvalue weighted by atomic mass is 15.3. The zero-order valence-electron chi connectivity index (χ0n) is 14.1. The van der Waals surface area contributed by atoms with Crippen molar-refractivity contribution < 1.29 is 0 Å². The molecule has 0 spiro atoms. The van der Waals surface area contributed by atoms with Crippen LogP contribution in [0.2, 0.25) is 0 Å². The van der Waals surface area contributed by atoms with E-state index < -0.39 is 0 Å². The first-order chi connectivity index (χ1) is 12.4. The SMILES string of the molecule is c1ccc(-n2cccc2CN[C@@H]2CCCN(c3ncccn3)C2)nc1. The van der Waals surface area contributed by atoms with Crippen molar-refractivity contribution in [1.29, 1.82) is 0 Å². The molecule has 6 heteroatoms. The van der Waals surface area contributed by atoms with E-state index in [1.807, 2.05) is 30.5 Å². The number of rotatable bonds is 5. The van der Waals surface area contributed by atoms with Gasteiger partial charge < -0.3 is 14.8 Å². The Labute approximate surface area is 147 Å². The molecule has 4 rings (SSSR count). The molecule has 1 fully saturated rings. The summed E-state index contributed by atoms with van der Waals surface area (Å²) < 4.78 is 2.13. The molecule has 3 aromatic rings. The molecule has 0 bridgehead atoms. The van der Waals surface area contributed by atoms with Gasteiger partial charge in [-0.15, -0.1) is 0 Å². The van der Waals surface area contributed by atoms with E-state index in [1.165, 1.54) is 12.1 Å². The number of aromatic nitrogens is 4. The predicted octanol–water partition coefficient (Wildman–Crippen LogP) is 2.42. The maximum Gasteiger partial charge on any atom is 0.225 e. The molecule has 1 aliphatic rings. The van der Waals surface area contributed by atoms with E-state index in [4.69, 9.17) is 0 Å². The number of nitrogens with zero attached hydrogens (tertiary/aromatic N) is 5. The van der Waals surface area contributed by atoms with Crippen molar-refractivity contribution in [2.24, 2.45) is 0 Å². The zero-order valence-corrected chi connectivity index (χ0v) is 14.1. The van der Waals surface area contributed by atoms with Gasteiger partial charge in [0, 0.05) is 56.2 Å². The Morgan fingerprint density at radius 2 is 1.88 bits per heavy atom. The first-order valence-electron chi connectivity index (χ1n) is 8.73. The average molecular weight is 334 g/mol. The van der Waals surface area contributed by atoms with Crippen molar-refractivity contribution in [3.63, 3.8) is 0 Å². The first-order valence-corrected chi connectivity index (χ1v) is 8.73. The van der Waals surface area contributed by atoms with Crippen LogP contribution < -0.4 is 10.2 Å². The second kappa shape index (κ2) is 7.44. The molecule has 0 amide bonds. The molecule has 0 saturated carbocycles. The fourth-order valence-electron chi connectivity index (χ4n) is 3.31. The molecule has 0 unspecified atom stereocenters. The van der Waals surface area contributed by atoms with Gasteiger partial charge in [-0.3, -0.25) is 0 Å². The lowest BCUT2D eigenvalue weighted by Gasteiger charge is -2.33. The number of nitrogens with one attached hydrogen (secondary N) is 1. The van der Waals surface area contributed by atoms with Crippen LogP contribution in [0, 0.1) is 0 Å². The molecule has 128 valence electrons. The monoisotopic (exact) mass is 334 g/mol. The minimum atomic E-state index is 0.435. The largest absolute Gasteiger partial charge is 0.339 e. The quantitative estimate of drug-likeness (QED) is 0.776. The summed E-state index contributed by atoms with van der Waals surface area (Å²) in [7, 11) is 0. The normalized spacial score (nSPS) is 17.6. The molecule has 3 aromatic heterocycles. The van der Waals surface area contributed by atoms with E-state index in [0.29, 0.717) is 6.04 Å². The third-order valence-corrected chi connectivity index (χ3v) is 4.56. The lowest BCUT2D eigenvalue weighted by Crippen LogP contribution is -2.46. The maximum atomic E-state index is 4.44. The van der Waals surface area contributed by atoms with E-state index in [1.54, 1.807) is 12.4 Å². The van der Waals surface area contributed by atoms with Crippen LogP contribution in [0.4, 0.5) is 5.95 Å². The Kier molecular flexibility index (Phi) is 4.70. The summed E-state index contributed by atoms with van der Waals surface area (Å²) >= 11 is 0. The number of piperidine rings is 1. The van der Waals surface area contributed by atoms with Crippen LogP contribution in [0.5, 0.6) is 0 Å². The van der Waals surface area contributed by atoms with Crippen LogP contribution in [-0.2, 0) is 6.54 Å². The molecule has 1 saturated heterocycles. The van der Waals surface area contributed by atoms with Crippen LogP contribution >= 0.6 is 0 Å². The van der Waals surface area contributed by atoms with Crippen molar-refractivity contribution in [3.05, 3.63) is 66.9 Å². The van der Waals surface area contributed by atoms with Crippen molar-refractivity contribution >= 4 is 5.95 Å². The third-order valence-electron chi connectivity index (χ3n) is 4.56. The number of hydrogen-bond acceptors (Lipinski definition) is 5. The molecule has 4 heterocycles. The van der Waals surface area contributed by atoms with Crippen molar-refractivity contribution in [2.45, 2.75) is 25.4 Å². The van der Waals surface area contributed by atoms with Gasteiger partial charge in [-0.05, 0) is 43.2 Å². The highest BCUT2D eigenvalue weighted by molar-refractivity contribution is 5.30. The molecule has 25 heavy (non-hydrogen) atoms. The average Bonchev–Trinajstić information content (AvgIpc) is 3.17. The van der Waals surface area contributed by atoms with Gasteiger partial charge in [0.05, 0.1) is 0 Å². The summed E-state index contributed by atoms with van der Waals surface area (Å²) in [6.07, 6.45) is 9.82. The smallest absolute Gasteiger partial charge is 0.225 e. The Hall–Kier alpha value is -2.73. The second-order valence-corrected chi connectivity index (χ2v) is 6.27. The summed E-state index contributed by atoms with van der Waals surface area (Å²) in [5.74, 6) is 1.78. The standard InChI is InChI=1S/C19H22N6/c1-2-9-20-18(8-1)25-13-4-7-17(25)14-23-16-6-3-12-24(15-16)19-21-10-5-11-22-19/h1-2,4-5,7-11,13,16,23H,3,6,12,14-15H2/t16-/m1/s1. The molecule has 0 radical (unpaired) electrons. The molecule has 1 atom stereocenters. The highest BCUT2D eigenvalue weighted by Gasteiger charge is 2.21. The summed E-state index contributed by atoms with van der Waals surface area (Å²) in [4.78, 5) is 15.5. The zero-order chi connectivity index (χ0) is 16.9. The first kappa shape index (κ1) is 15.8. The lowest BCUT2D eigenvalue weighted by molar-refractivity contribution is 0.415. The van der Waals surface area contributed by atoms with E-state index in [2.05, 4.69) is 48.1 Å². The van der Waals surface area contributed by atoms with E-state index in [9.17, 15) is 0 Å². The Bertz CT molecular complexity index is 786. The van der Waals surface area contributed by atoms with Gasteiger partial charge in [-0.2, -0.15) is 0 Å². The summed E-state index contributed by atoms with van der Waals surface area (Å²) in [5, 5.41) is 3.69. The minimum absolute atomic E-state index is 0.435. The second-order valence-electron chi connectivity index (χ2n) is 6.27. The van der Waals surface area contributed by atoms with Gasteiger partial charge in [-0.25, -0.2) is 15.0 Å². The minimum Gasteiger partial charge on any atom is -0.339 e. The molecule has 0 aliphatic carbocycles. The van der Waals surface area contributed by atoms with E-state index in [-0.39, 0.29) is 0 Å². The van der Waals surface area contributed by atoms with Gasteiger partial charge >= 0.3 is 0 Å². The van der Waals surface area contributed by atoms with E-state index in [0.717, 1.165) is 37.8 Å². The summed E-state index contributed by atoms with van der Waals surface area (Å²) in [6, 6.07) is 12.5. The van der Waals surface area contributed by atoms with Crippen LogP contribution in [0.1, 0.15) is 18.5 Å². The third kappa shape index (κ3) is 3.69.